The van der Waals surface area contributed by atoms with Crippen LogP contribution in [0.25, 0.3) is 5.82 Å². The van der Waals surface area contributed by atoms with E-state index >= 15 is 0 Å². The fourth-order valence-electron chi connectivity index (χ4n) is 5.76. The van der Waals surface area contributed by atoms with Crippen LogP contribution in [-0.2, 0) is 33.0 Å². The average molecular weight is 619 g/mol. The van der Waals surface area contributed by atoms with Crippen LogP contribution < -0.4 is 15.4 Å². The van der Waals surface area contributed by atoms with Crippen molar-refractivity contribution in [1.29, 1.82) is 0 Å². The van der Waals surface area contributed by atoms with Gasteiger partial charge >= 0.3 is 6.18 Å². The lowest BCUT2D eigenvalue weighted by Gasteiger charge is -2.35. The number of hydrogen-bond acceptors (Lipinski definition) is 8. The maximum Gasteiger partial charge on any atom is 0.389 e. The minimum absolute atomic E-state index is 0.00490. The average Bonchev–Trinajstić information content (AvgIpc) is 3.63. The standard InChI is InChI=1S/C28H29F3N6O5S/c1-43(40,41)15-23(38)32-25-24-21(36-37(25)22-8-7-20(34-35-22)16-3-4-16)14-27(33-26(24)39)11-9-17-13-18(5-6-19(17)27)42-12-2-10-28(29,30)31/h5-8,13,16H,2-4,9-12,14-15H2,1H3,(H,32,38)(H,33,39)/t27-/m0/s1. The van der Waals surface area contributed by atoms with Crippen molar-refractivity contribution in [3.05, 3.63) is 58.4 Å². The quantitative estimate of drug-likeness (QED) is 0.348. The summed E-state index contributed by atoms with van der Waals surface area (Å²) in [6.45, 7) is -0.0701. The van der Waals surface area contributed by atoms with Crippen molar-refractivity contribution >= 4 is 27.5 Å². The lowest BCUT2D eigenvalue weighted by molar-refractivity contribution is -0.136. The molecule has 2 N–H and O–H groups in total. The molecule has 0 saturated heterocycles. The SMILES string of the molecule is CS(=O)(=O)CC(=O)Nc1c2c(nn1-c1ccc(C3CC3)nn1)C[C@]1(CCc3cc(OCCCC(F)(F)F)ccc31)NC2=O. The van der Waals surface area contributed by atoms with Gasteiger partial charge in [-0.3, -0.25) is 9.59 Å². The number of nitrogens with one attached hydrogen (secondary N) is 2. The van der Waals surface area contributed by atoms with Crippen molar-refractivity contribution in [3.63, 3.8) is 0 Å². The smallest absolute Gasteiger partial charge is 0.389 e. The van der Waals surface area contributed by atoms with E-state index in [1.165, 1.54) is 4.68 Å². The van der Waals surface area contributed by atoms with Crippen molar-refractivity contribution in [2.45, 2.75) is 62.6 Å². The third-order valence-electron chi connectivity index (χ3n) is 7.83. The van der Waals surface area contributed by atoms with Crippen LogP contribution in [0.15, 0.2) is 30.3 Å². The zero-order chi connectivity index (χ0) is 30.6. The van der Waals surface area contributed by atoms with Crippen LogP contribution in [-0.4, -0.2) is 65.0 Å². The molecule has 1 spiro atoms. The topological polar surface area (TPSA) is 145 Å². The molecular weight excluding hydrogens is 589 g/mol. The number of halogens is 3. The molecule has 43 heavy (non-hydrogen) atoms. The number of nitrogens with zero attached hydrogens (tertiary/aromatic N) is 4. The van der Waals surface area contributed by atoms with Gasteiger partial charge in [-0.05, 0) is 67.5 Å². The van der Waals surface area contributed by atoms with Crippen LogP contribution in [0, 0.1) is 0 Å². The molecule has 1 atom stereocenters. The predicted molar refractivity (Wildman–Crippen MR) is 148 cm³/mol. The van der Waals surface area contributed by atoms with Crippen LogP contribution in [0.2, 0.25) is 0 Å². The van der Waals surface area contributed by atoms with E-state index in [4.69, 9.17) is 4.74 Å². The van der Waals surface area contributed by atoms with Gasteiger partial charge in [0.1, 0.15) is 17.1 Å². The highest BCUT2D eigenvalue weighted by Crippen LogP contribution is 2.45. The molecule has 6 rings (SSSR count). The molecule has 1 aliphatic heterocycles. The number of anilines is 1. The van der Waals surface area contributed by atoms with Gasteiger partial charge < -0.3 is 15.4 Å². The molecule has 3 aliphatic rings. The van der Waals surface area contributed by atoms with Gasteiger partial charge in [-0.1, -0.05) is 6.07 Å². The summed E-state index contributed by atoms with van der Waals surface area (Å²) in [6.07, 6.45) is -0.879. The number of fused-ring (bicyclic) bond motifs is 3. The minimum Gasteiger partial charge on any atom is -0.494 e. The van der Waals surface area contributed by atoms with Crippen LogP contribution in [0.5, 0.6) is 5.75 Å². The minimum atomic E-state index is -4.23. The van der Waals surface area contributed by atoms with E-state index in [1.807, 2.05) is 6.07 Å². The first kappa shape index (κ1) is 29.1. The molecule has 0 radical (unpaired) electrons. The number of aryl methyl sites for hydroxylation is 1. The second-order valence-corrected chi connectivity index (χ2v) is 13.5. The Morgan fingerprint density at radius 1 is 1.21 bits per heavy atom. The second-order valence-electron chi connectivity index (χ2n) is 11.4. The molecule has 11 nitrogen and oxygen atoms in total. The van der Waals surface area contributed by atoms with Crippen molar-refractivity contribution in [3.8, 4) is 11.6 Å². The van der Waals surface area contributed by atoms with Crippen LogP contribution in [0.3, 0.4) is 0 Å². The van der Waals surface area contributed by atoms with Gasteiger partial charge in [-0.25, -0.2) is 8.42 Å². The summed E-state index contributed by atoms with van der Waals surface area (Å²) in [5.74, 6) is -1.02. The fraction of sp³-hybridized carbons (Fsp3) is 0.464. The first-order chi connectivity index (χ1) is 20.3. The number of carbonyl (C=O) groups excluding carboxylic acids is 2. The summed E-state index contributed by atoms with van der Waals surface area (Å²) < 4.78 is 67.7. The lowest BCUT2D eigenvalue weighted by Crippen LogP contribution is -2.49. The molecule has 3 aromatic rings. The number of rotatable bonds is 9. The van der Waals surface area contributed by atoms with Crippen LogP contribution in [0.4, 0.5) is 19.0 Å². The van der Waals surface area contributed by atoms with E-state index in [1.54, 1.807) is 24.3 Å². The van der Waals surface area contributed by atoms with Gasteiger partial charge in [-0.15, -0.1) is 5.10 Å². The van der Waals surface area contributed by atoms with E-state index in [0.717, 1.165) is 35.9 Å². The van der Waals surface area contributed by atoms with E-state index in [9.17, 15) is 31.2 Å². The summed E-state index contributed by atoms with van der Waals surface area (Å²) in [5.41, 5.74) is 2.29. The Labute approximate surface area is 245 Å². The number of amides is 2. The molecule has 1 fully saturated rings. The Morgan fingerprint density at radius 3 is 2.67 bits per heavy atom. The van der Waals surface area contributed by atoms with E-state index < -0.39 is 45.5 Å². The van der Waals surface area contributed by atoms with Gasteiger partial charge in [0, 0.05) is 25.0 Å². The number of hydrogen-bond donors (Lipinski definition) is 2. The number of carbonyl (C=O) groups is 2. The van der Waals surface area contributed by atoms with Crippen molar-refractivity contribution < 1.29 is 35.9 Å². The predicted octanol–water partition coefficient (Wildman–Crippen LogP) is 3.37. The van der Waals surface area contributed by atoms with Crippen molar-refractivity contribution in [2.24, 2.45) is 0 Å². The Morgan fingerprint density at radius 2 is 2.00 bits per heavy atom. The zero-order valence-corrected chi connectivity index (χ0v) is 24.0. The molecule has 0 unspecified atom stereocenters. The highest BCUT2D eigenvalue weighted by atomic mass is 32.2. The Bertz CT molecular complexity index is 1700. The summed E-state index contributed by atoms with van der Waals surface area (Å²) in [4.78, 5) is 26.4. The molecular formula is C28H29F3N6O5S. The van der Waals surface area contributed by atoms with Crippen LogP contribution in [0.1, 0.15) is 70.9 Å². The molecule has 228 valence electrons. The summed E-state index contributed by atoms with van der Waals surface area (Å²) in [6, 6.07) is 8.78. The normalized spacial score (nSPS) is 19.6. The van der Waals surface area contributed by atoms with E-state index in [2.05, 4.69) is 25.9 Å². The highest BCUT2D eigenvalue weighted by Gasteiger charge is 2.47. The van der Waals surface area contributed by atoms with E-state index in [-0.39, 0.29) is 36.6 Å². The summed E-state index contributed by atoms with van der Waals surface area (Å²) in [5, 5.41) is 18.9. The second kappa shape index (κ2) is 10.6. The van der Waals surface area contributed by atoms with Gasteiger partial charge in [0.2, 0.25) is 5.91 Å². The van der Waals surface area contributed by atoms with Gasteiger partial charge in [-0.2, -0.15) is 28.1 Å². The molecule has 2 aromatic heterocycles. The lowest BCUT2D eigenvalue weighted by atomic mass is 9.82. The molecule has 2 amide bonds. The van der Waals surface area contributed by atoms with Gasteiger partial charge in [0.15, 0.2) is 21.5 Å². The monoisotopic (exact) mass is 618 g/mol. The number of sulfone groups is 1. The first-order valence-electron chi connectivity index (χ1n) is 13.9. The zero-order valence-electron chi connectivity index (χ0n) is 23.2. The Balaban J connectivity index is 1.29. The van der Waals surface area contributed by atoms with Crippen molar-refractivity contribution in [1.82, 2.24) is 25.3 Å². The van der Waals surface area contributed by atoms with Crippen LogP contribution >= 0.6 is 0 Å². The number of ether oxygens (including phenoxy) is 1. The molecule has 3 heterocycles. The van der Waals surface area contributed by atoms with Gasteiger partial charge in [0.05, 0.1) is 23.5 Å². The maximum absolute atomic E-state index is 13.7. The third-order valence-corrected chi connectivity index (χ3v) is 8.62. The highest BCUT2D eigenvalue weighted by molar-refractivity contribution is 7.91. The third kappa shape index (κ3) is 6.21. The largest absolute Gasteiger partial charge is 0.494 e. The number of aromatic nitrogens is 4. The number of benzene rings is 1. The Hall–Kier alpha value is -4.01. The summed E-state index contributed by atoms with van der Waals surface area (Å²) in [7, 11) is -3.65. The molecule has 0 bridgehead atoms. The molecule has 15 heteroatoms. The van der Waals surface area contributed by atoms with Gasteiger partial charge in [0.25, 0.3) is 5.91 Å². The molecule has 1 saturated carbocycles. The number of alkyl halides is 3. The molecule has 2 aliphatic carbocycles. The maximum atomic E-state index is 13.7. The summed E-state index contributed by atoms with van der Waals surface area (Å²) >= 11 is 0. The fourth-order valence-corrected chi connectivity index (χ4v) is 6.31. The Kier molecular flexibility index (Phi) is 7.18. The van der Waals surface area contributed by atoms with E-state index in [0.29, 0.717) is 30.2 Å². The first-order valence-corrected chi connectivity index (χ1v) is 16.0. The van der Waals surface area contributed by atoms with Crippen molar-refractivity contribution in [2.75, 3.05) is 23.9 Å². The molecule has 1 aromatic carbocycles.